The molecule has 0 aliphatic carbocycles. The number of halogens is 1. The first-order valence-electron chi connectivity index (χ1n) is 7.52. The van der Waals surface area contributed by atoms with Crippen molar-refractivity contribution in [1.82, 2.24) is 15.3 Å². The number of unbranched alkanes of at least 4 members (excludes halogenated alkanes) is 1. The number of carbonyl (C=O) groups excluding carboxylic acids is 1. The number of hydrogen-bond donors (Lipinski definition) is 1. The van der Waals surface area contributed by atoms with Gasteiger partial charge in [-0.2, -0.15) is 0 Å². The van der Waals surface area contributed by atoms with Crippen LogP contribution in [0, 0.1) is 6.92 Å². The molecule has 0 unspecified atom stereocenters. The van der Waals surface area contributed by atoms with Crippen molar-refractivity contribution in [2.45, 2.75) is 26.2 Å². The fourth-order valence-electron chi connectivity index (χ4n) is 2.13. The predicted octanol–water partition coefficient (Wildman–Crippen LogP) is 5.04. The number of nitrogens with zero attached hydrogens (tertiary/aromatic N) is 2. The molecule has 0 radical (unpaired) electrons. The molecular formula is C16H16ClN3OS3. The lowest BCUT2D eigenvalue weighted by molar-refractivity contribution is 0.0949. The molecule has 0 spiro atoms. The van der Waals surface area contributed by atoms with Crippen LogP contribution < -0.4 is 5.32 Å². The fourth-order valence-corrected chi connectivity index (χ4v) is 4.86. The van der Waals surface area contributed by atoms with E-state index in [2.05, 4.69) is 20.7 Å². The van der Waals surface area contributed by atoms with E-state index in [4.69, 9.17) is 11.6 Å². The van der Waals surface area contributed by atoms with Gasteiger partial charge < -0.3 is 5.32 Å². The third-order valence-electron chi connectivity index (χ3n) is 3.29. The second-order valence-corrected chi connectivity index (χ2v) is 8.75. The van der Waals surface area contributed by atoms with E-state index in [0.717, 1.165) is 44.2 Å². The zero-order valence-corrected chi connectivity index (χ0v) is 16.2. The first kappa shape index (κ1) is 17.5. The Bertz CT molecular complexity index is 824. The van der Waals surface area contributed by atoms with Gasteiger partial charge in [0.2, 0.25) is 0 Å². The van der Waals surface area contributed by atoms with Crippen molar-refractivity contribution < 1.29 is 4.79 Å². The van der Waals surface area contributed by atoms with Gasteiger partial charge in [-0.25, -0.2) is 9.97 Å². The summed E-state index contributed by atoms with van der Waals surface area (Å²) in [5.41, 5.74) is 1.55. The molecule has 3 heterocycles. The maximum absolute atomic E-state index is 12.1. The van der Waals surface area contributed by atoms with Crippen molar-refractivity contribution in [2.75, 3.05) is 6.54 Å². The first-order chi connectivity index (χ1) is 11.6. The maximum Gasteiger partial charge on any atom is 0.270 e. The Labute approximate surface area is 157 Å². The van der Waals surface area contributed by atoms with E-state index in [-0.39, 0.29) is 5.91 Å². The van der Waals surface area contributed by atoms with Gasteiger partial charge in [0.1, 0.15) is 10.7 Å². The highest BCUT2D eigenvalue weighted by atomic mass is 35.5. The zero-order valence-electron chi connectivity index (χ0n) is 13.0. The SMILES string of the molecule is Cc1csc(CCCCNC(=O)c2csc(-c3ccc(Cl)s3)n2)n1. The first-order valence-corrected chi connectivity index (χ1v) is 10.5. The van der Waals surface area contributed by atoms with Gasteiger partial charge in [-0.3, -0.25) is 4.79 Å². The Hall–Kier alpha value is -1.28. The minimum Gasteiger partial charge on any atom is -0.351 e. The van der Waals surface area contributed by atoms with Crippen LogP contribution in [0.15, 0.2) is 22.9 Å². The van der Waals surface area contributed by atoms with E-state index in [9.17, 15) is 4.79 Å². The molecular weight excluding hydrogens is 382 g/mol. The largest absolute Gasteiger partial charge is 0.351 e. The number of aryl methyl sites for hydroxylation is 2. The Morgan fingerprint density at radius 3 is 2.79 bits per heavy atom. The van der Waals surface area contributed by atoms with Gasteiger partial charge in [-0.1, -0.05) is 11.6 Å². The van der Waals surface area contributed by atoms with Crippen molar-refractivity contribution in [1.29, 1.82) is 0 Å². The number of carbonyl (C=O) groups is 1. The van der Waals surface area contributed by atoms with E-state index in [1.807, 2.05) is 19.1 Å². The predicted molar refractivity (Wildman–Crippen MR) is 103 cm³/mol. The van der Waals surface area contributed by atoms with E-state index in [0.29, 0.717) is 12.2 Å². The Morgan fingerprint density at radius 1 is 1.21 bits per heavy atom. The second-order valence-electron chi connectivity index (χ2n) is 5.24. The average molecular weight is 398 g/mol. The molecule has 3 aromatic heterocycles. The summed E-state index contributed by atoms with van der Waals surface area (Å²) >= 11 is 10.6. The standard InChI is InChI=1S/C16H16ClN3OS3/c1-10-8-22-14(19-10)4-2-3-7-18-15(21)11-9-23-16(20-11)12-5-6-13(17)24-12/h5-6,8-9H,2-4,7H2,1H3,(H,18,21). The molecule has 1 N–H and O–H groups in total. The average Bonchev–Trinajstić information content (AvgIpc) is 3.27. The molecule has 0 fully saturated rings. The molecule has 3 aromatic rings. The molecule has 24 heavy (non-hydrogen) atoms. The van der Waals surface area contributed by atoms with Crippen LogP contribution in [0.25, 0.3) is 9.88 Å². The van der Waals surface area contributed by atoms with E-state index in [1.165, 1.54) is 22.7 Å². The lowest BCUT2D eigenvalue weighted by Crippen LogP contribution is -2.24. The number of aromatic nitrogens is 2. The summed E-state index contributed by atoms with van der Waals surface area (Å²) in [7, 11) is 0. The van der Waals surface area contributed by atoms with Crippen LogP contribution in [0.3, 0.4) is 0 Å². The zero-order chi connectivity index (χ0) is 16.9. The highest BCUT2D eigenvalue weighted by Gasteiger charge is 2.12. The molecule has 0 saturated heterocycles. The van der Waals surface area contributed by atoms with Crippen molar-refractivity contribution in [3.05, 3.63) is 43.6 Å². The minimum atomic E-state index is -0.120. The summed E-state index contributed by atoms with van der Waals surface area (Å²) in [5, 5.41) is 8.78. The highest BCUT2D eigenvalue weighted by Crippen LogP contribution is 2.32. The molecule has 0 atom stereocenters. The Kier molecular flexibility index (Phi) is 5.99. The van der Waals surface area contributed by atoms with Gasteiger partial charge in [-0.05, 0) is 38.3 Å². The van der Waals surface area contributed by atoms with Crippen LogP contribution in [-0.4, -0.2) is 22.4 Å². The van der Waals surface area contributed by atoms with Gasteiger partial charge in [0.15, 0.2) is 0 Å². The van der Waals surface area contributed by atoms with Crippen molar-refractivity contribution >= 4 is 51.5 Å². The number of thiophene rings is 1. The van der Waals surface area contributed by atoms with Crippen molar-refractivity contribution in [2.24, 2.45) is 0 Å². The molecule has 0 aliphatic heterocycles. The van der Waals surface area contributed by atoms with Crippen molar-refractivity contribution in [3.8, 4) is 9.88 Å². The third kappa shape index (κ3) is 4.63. The smallest absolute Gasteiger partial charge is 0.270 e. The number of hydrogen-bond acceptors (Lipinski definition) is 6. The Morgan fingerprint density at radius 2 is 2.08 bits per heavy atom. The molecule has 8 heteroatoms. The molecule has 0 aliphatic rings. The quantitative estimate of drug-likeness (QED) is 0.568. The lowest BCUT2D eigenvalue weighted by atomic mass is 10.2. The van der Waals surface area contributed by atoms with E-state index in [1.54, 1.807) is 16.7 Å². The summed E-state index contributed by atoms with van der Waals surface area (Å²) in [4.78, 5) is 22.0. The van der Waals surface area contributed by atoms with Gasteiger partial charge in [0, 0.05) is 23.0 Å². The molecule has 4 nitrogen and oxygen atoms in total. The molecule has 1 amide bonds. The van der Waals surface area contributed by atoms with Crippen LogP contribution in [0.4, 0.5) is 0 Å². The summed E-state index contributed by atoms with van der Waals surface area (Å²) in [6.45, 7) is 2.66. The molecule has 0 saturated carbocycles. The van der Waals surface area contributed by atoms with E-state index >= 15 is 0 Å². The minimum absolute atomic E-state index is 0.120. The van der Waals surface area contributed by atoms with Crippen LogP contribution in [-0.2, 0) is 6.42 Å². The van der Waals surface area contributed by atoms with Crippen LogP contribution in [0.1, 0.15) is 34.0 Å². The van der Waals surface area contributed by atoms with Gasteiger partial charge in [-0.15, -0.1) is 34.0 Å². The number of thiazole rings is 2. The van der Waals surface area contributed by atoms with Gasteiger partial charge >= 0.3 is 0 Å². The highest BCUT2D eigenvalue weighted by molar-refractivity contribution is 7.23. The Balaban J connectivity index is 1.43. The molecule has 126 valence electrons. The summed E-state index contributed by atoms with van der Waals surface area (Å²) in [6, 6.07) is 3.76. The number of nitrogens with one attached hydrogen (secondary N) is 1. The lowest BCUT2D eigenvalue weighted by Gasteiger charge is -2.02. The number of rotatable bonds is 7. The van der Waals surface area contributed by atoms with E-state index < -0.39 is 0 Å². The monoisotopic (exact) mass is 397 g/mol. The van der Waals surface area contributed by atoms with Crippen LogP contribution in [0.2, 0.25) is 4.34 Å². The summed E-state index contributed by atoms with van der Waals surface area (Å²) < 4.78 is 0.724. The normalized spacial score (nSPS) is 10.9. The fraction of sp³-hybridized carbons (Fsp3) is 0.312. The number of amides is 1. The topological polar surface area (TPSA) is 54.9 Å². The maximum atomic E-state index is 12.1. The third-order valence-corrected chi connectivity index (χ3v) is 6.56. The molecule has 0 aromatic carbocycles. The van der Waals surface area contributed by atoms with Gasteiger partial charge in [0.05, 0.1) is 14.2 Å². The van der Waals surface area contributed by atoms with Crippen LogP contribution >= 0.6 is 45.6 Å². The van der Waals surface area contributed by atoms with Crippen molar-refractivity contribution in [3.63, 3.8) is 0 Å². The second kappa shape index (κ2) is 8.20. The summed E-state index contributed by atoms with van der Waals surface area (Å²) in [5.74, 6) is -0.120. The van der Waals surface area contributed by atoms with Gasteiger partial charge in [0.25, 0.3) is 5.91 Å². The van der Waals surface area contributed by atoms with Crippen LogP contribution in [0.5, 0.6) is 0 Å². The molecule has 0 bridgehead atoms. The molecule has 3 rings (SSSR count). The summed E-state index contributed by atoms with van der Waals surface area (Å²) in [6.07, 6.45) is 2.92.